The van der Waals surface area contributed by atoms with Gasteiger partial charge in [0.05, 0.1) is 6.10 Å². The molecule has 1 rings (SSSR count). The lowest BCUT2D eigenvalue weighted by Crippen LogP contribution is -2.44. The van der Waals surface area contributed by atoms with Crippen molar-refractivity contribution in [1.82, 2.24) is 5.43 Å². The molecule has 3 atom stereocenters. The van der Waals surface area contributed by atoms with E-state index in [-0.39, 0.29) is 0 Å². The fraction of sp³-hybridized carbons (Fsp3) is 1.00. The molecule has 14 heavy (non-hydrogen) atoms. The Morgan fingerprint density at radius 3 is 2.71 bits per heavy atom. The zero-order valence-corrected chi connectivity index (χ0v) is 9.62. The monoisotopic (exact) mass is 200 g/mol. The van der Waals surface area contributed by atoms with Crippen LogP contribution in [0.1, 0.15) is 40.0 Å². The number of hydrogen-bond acceptors (Lipinski definition) is 3. The van der Waals surface area contributed by atoms with Crippen molar-refractivity contribution in [2.24, 2.45) is 17.7 Å². The smallest absolute Gasteiger partial charge is 0.0616 e. The minimum atomic E-state index is 0.412. The molecule has 0 aromatic heterocycles. The van der Waals surface area contributed by atoms with E-state index in [1.54, 1.807) is 0 Å². The molecule has 0 amide bonds. The van der Waals surface area contributed by atoms with Crippen molar-refractivity contribution in [2.75, 3.05) is 6.61 Å². The average molecular weight is 200 g/mol. The molecule has 0 aromatic rings. The Balaban J connectivity index is 2.49. The van der Waals surface area contributed by atoms with Gasteiger partial charge in [0.1, 0.15) is 0 Å². The van der Waals surface area contributed by atoms with Gasteiger partial charge < -0.3 is 4.74 Å². The first-order valence-corrected chi connectivity index (χ1v) is 5.76. The summed E-state index contributed by atoms with van der Waals surface area (Å²) in [4.78, 5) is 0. The minimum Gasteiger partial charge on any atom is -0.378 e. The Kier molecular flexibility index (Phi) is 4.85. The van der Waals surface area contributed by atoms with Gasteiger partial charge in [0.15, 0.2) is 0 Å². The molecule has 1 aliphatic heterocycles. The summed E-state index contributed by atoms with van der Waals surface area (Å²) in [6.45, 7) is 7.56. The molecule has 0 aliphatic carbocycles. The van der Waals surface area contributed by atoms with Crippen LogP contribution in [0, 0.1) is 11.8 Å². The molecule has 0 spiro atoms. The number of hydrogen-bond donors (Lipinski definition) is 2. The summed E-state index contributed by atoms with van der Waals surface area (Å²) in [5.41, 5.74) is 2.96. The molecule has 84 valence electrons. The fourth-order valence-electron chi connectivity index (χ4n) is 2.42. The molecule has 0 radical (unpaired) electrons. The summed E-state index contributed by atoms with van der Waals surface area (Å²) in [5, 5.41) is 0. The van der Waals surface area contributed by atoms with Gasteiger partial charge in [-0.25, -0.2) is 0 Å². The van der Waals surface area contributed by atoms with Crippen LogP contribution in [0.2, 0.25) is 0 Å². The van der Waals surface area contributed by atoms with E-state index in [9.17, 15) is 0 Å². The second kappa shape index (κ2) is 5.69. The third-order valence-corrected chi connectivity index (χ3v) is 3.12. The van der Waals surface area contributed by atoms with Crippen molar-refractivity contribution in [3.8, 4) is 0 Å². The molecule has 3 unspecified atom stereocenters. The molecule has 3 N–H and O–H groups in total. The molecule has 1 fully saturated rings. The molecule has 0 saturated carbocycles. The van der Waals surface area contributed by atoms with Gasteiger partial charge in [-0.05, 0) is 25.2 Å². The van der Waals surface area contributed by atoms with Crippen molar-refractivity contribution in [3.63, 3.8) is 0 Å². The highest BCUT2D eigenvalue weighted by Crippen LogP contribution is 2.28. The van der Waals surface area contributed by atoms with Crippen LogP contribution >= 0.6 is 0 Å². The second-order valence-corrected chi connectivity index (χ2v) is 4.67. The van der Waals surface area contributed by atoms with Crippen molar-refractivity contribution in [2.45, 2.75) is 52.2 Å². The summed E-state index contributed by atoms with van der Waals surface area (Å²) < 4.78 is 5.68. The van der Waals surface area contributed by atoms with E-state index < -0.39 is 0 Å². The quantitative estimate of drug-likeness (QED) is 0.524. The second-order valence-electron chi connectivity index (χ2n) is 4.67. The average Bonchev–Trinajstić information content (AvgIpc) is 2.61. The van der Waals surface area contributed by atoms with Crippen LogP contribution in [0.25, 0.3) is 0 Å². The van der Waals surface area contributed by atoms with Crippen LogP contribution in [0.4, 0.5) is 0 Å². The normalized spacial score (nSPS) is 29.8. The largest absolute Gasteiger partial charge is 0.378 e. The SMILES string of the molecule is CCC1OCCC1C(CC(C)C)NN. The van der Waals surface area contributed by atoms with E-state index in [1.807, 2.05) is 0 Å². The maximum Gasteiger partial charge on any atom is 0.0616 e. The highest BCUT2D eigenvalue weighted by atomic mass is 16.5. The number of hydrazine groups is 1. The highest BCUT2D eigenvalue weighted by molar-refractivity contribution is 4.85. The van der Waals surface area contributed by atoms with E-state index >= 15 is 0 Å². The maximum atomic E-state index is 5.68. The van der Waals surface area contributed by atoms with Crippen molar-refractivity contribution in [3.05, 3.63) is 0 Å². The van der Waals surface area contributed by atoms with Gasteiger partial charge in [-0.1, -0.05) is 20.8 Å². The Labute approximate surface area is 87.4 Å². The molecular weight excluding hydrogens is 176 g/mol. The molecular formula is C11H24N2O. The summed E-state index contributed by atoms with van der Waals surface area (Å²) >= 11 is 0. The third kappa shape index (κ3) is 2.94. The Bertz CT molecular complexity index is 161. The lowest BCUT2D eigenvalue weighted by molar-refractivity contribution is 0.0749. The predicted molar refractivity (Wildman–Crippen MR) is 58.7 cm³/mol. The van der Waals surface area contributed by atoms with Gasteiger partial charge in [-0.15, -0.1) is 0 Å². The van der Waals surface area contributed by atoms with Crippen LogP contribution in [-0.4, -0.2) is 18.8 Å². The first-order chi connectivity index (χ1) is 6.69. The zero-order valence-electron chi connectivity index (χ0n) is 9.62. The van der Waals surface area contributed by atoms with Crippen molar-refractivity contribution < 1.29 is 4.74 Å². The number of nitrogens with one attached hydrogen (secondary N) is 1. The number of rotatable bonds is 5. The van der Waals surface area contributed by atoms with Crippen molar-refractivity contribution in [1.29, 1.82) is 0 Å². The van der Waals surface area contributed by atoms with Crippen LogP contribution in [-0.2, 0) is 4.74 Å². The molecule has 0 aromatic carbocycles. The highest BCUT2D eigenvalue weighted by Gasteiger charge is 2.33. The van der Waals surface area contributed by atoms with Gasteiger partial charge >= 0.3 is 0 Å². The molecule has 3 nitrogen and oxygen atoms in total. The third-order valence-electron chi connectivity index (χ3n) is 3.12. The van der Waals surface area contributed by atoms with Crippen LogP contribution in [0.15, 0.2) is 0 Å². The first-order valence-electron chi connectivity index (χ1n) is 5.76. The molecule has 1 heterocycles. The summed E-state index contributed by atoms with van der Waals surface area (Å²) in [5.74, 6) is 6.91. The van der Waals surface area contributed by atoms with Crippen molar-refractivity contribution >= 4 is 0 Å². The fourth-order valence-corrected chi connectivity index (χ4v) is 2.42. The predicted octanol–water partition coefficient (Wildman–Crippen LogP) is 1.68. The zero-order chi connectivity index (χ0) is 10.6. The van der Waals surface area contributed by atoms with Gasteiger partial charge in [0.25, 0.3) is 0 Å². The summed E-state index contributed by atoms with van der Waals surface area (Å²) in [6, 6.07) is 0.419. The molecule has 0 bridgehead atoms. The number of ether oxygens (including phenoxy) is 1. The Morgan fingerprint density at radius 2 is 2.21 bits per heavy atom. The standard InChI is InChI=1S/C11H24N2O/c1-4-11-9(5-6-14-11)10(13-12)7-8(2)3/h8-11,13H,4-7,12H2,1-3H3. The molecule has 1 aliphatic rings. The van der Waals surface area contributed by atoms with E-state index in [4.69, 9.17) is 10.6 Å². The molecule has 1 saturated heterocycles. The lowest BCUT2D eigenvalue weighted by atomic mass is 9.87. The summed E-state index contributed by atoms with van der Waals surface area (Å²) in [7, 11) is 0. The van der Waals surface area contributed by atoms with E-state index in [1.165, 1.54) is 0 Å². The van der Waals surface area contributed by atoms with E-state index in [0.29, 0.717) is 24.0 Å². The molecule has 3 heteroatoms. The minimum absolute atomic E-state index is 0.412. The topological polar surface area (TPSA) is 47.3 Å². The Hall–Kier alpha value is -0.120. The van der Waals surface area contributed by atoms with E-state index in [0.717, 1.165) is 25.9 Å². The number of nitrogens with two attached hydrogens (primary N) is 1. The van der Waals surface area contributed by atoms with Gasteiger partial charge in [0.2, 0.25) is 0 Å². The van der Waals surface area contributed by atoms with E-state index in [2.05, 4.69) is 26.2 Å². The summed E-state index contributed by atoms with van der Waals surface area (Å²) in [6.07, 6.45) is 3.80. The van der Waals surface area contributed by atoms with Crippen LogP contribution < -0.4 is 11.3 Å². The maximum absolute atomic E-state index is 5.68. The van der Waals surface area contributed by atoms with Gasteiger partial charge in [-0.2, -0.15) is 0 Å². The van der Waals surface area contributed by atoms with Crippen LogP contribution in [0.3, 0.4) is 0 Å². The van der Waals surface area contributed by atoms with Crippen LogP contribution in [0.5, 0.6) is 0 Å². The first kappa shape index (κ1) is 12.0. The van der Waals surface area contributed by atoms with Gasteiger partial charge in [0, 0.05) is 18.6 Å². The lowest BCUT2D eigenvalue weighted by Gasteiger charge is -2.27. The van der Waals surface area contributed by atoms with Gasteiger partial charge in [-0.3, -0.25) is 11.3 Å². The Morgan fingerprint density at radius 1 is 1.50 bits per heavy atom.